The van der Waals surface area contributed by atoms with Crippen LogP contribution in [0.1, 0.15) is 46.4 Å². The molecule has 0 N–H and O–H groups in total. The summed E-state index contributed by atoms with van der Waals surface area (Å²) < 4.78 is 13.1. The van der Waals surface area contributed by atoms with Crippen molar-refractivity contribution in [1.82, 2.24) is 0 Å². The van der Waals surface area contributed by atoms with E-state index in [1.54, 1.807) is 48.5 Å². The molecule has 26 heavy (non-hydrogen) atoms. The zero-order valence-electron chi connectivity index (χ0n) is 14.0. The Kier molecular flexibility index (Phi) is 6.48. The van der Waals surface area contributed by atoms with E-state index >= 15 is 0 Å². The molecule has 1 saturated carbocycles. The van der Waals surface area contributed by atoms with E-state index in [9.17, 15) is 9.59 Å². The first-order valence-electron chi connectivity index (χ1n) is 8.46. The summed E-state index contributed by atoms with van der Waals surface area (Å²) in [7, 11) is 0. The molecule has 4 nitrogen and oxygen atoms in total. The van der Waals surface area contributed by atoms with Gasteiger partial charge in [-0.15, -0.1) is 0 Å². The Balaban J connectivity index is 1.65. The first-order valence-corrected chi connectivity index (χ1v) is 10.0. The fraction of sp³-hybridized carbons (Fsp3) is 0.300. The van der Waals surface area contributed by atoms with Gasteiger partial charge in [-0.2, -0.15) is 0 Å². The van der Waals surface area contributed by atoms with Crippen LogP contribution in [0.2, 0.25) is 0 Å². The number of esters is 2. The molecule has 0 aromatic heterocycles. The Morgan fingerprint density at radius 1 is 0.692 bits per heavy atom. The molecular weight excluding hydrogens is 464 g/mol. The van der Waals surface area contributed by atoms with Gasteiger partial charge in [-0.05, 0) is 74.2 Å². The summed E-state index contributed by atoms with van der Waals surface area (Å²) in [6, 6.07) is 14.0. The zero-order valence-corrected chi connectivity index (χ0v) is 17.2. The van der Waals surface area contributed by atoms with Crippen molar-refractivity contribution in [3.8, 4) is 0 Å². The van der Waals surface area contributed by atoms with E-state index in [1.807, 2.05) is 0 Å². The average molecular weight is 482 g/mol. The Morgan fingerprint density at radius 3 is 1.38 bits per heavy atom. The van der Waals surface area contributed by atoms with Crippen molar-refractivity contribution in [2.24, 2.45) is 0 Å². The number of ether oxygens (including phenoxy) is 2. The van der Waals surface area contributed by atoms with Crippen molar-refractivity contribution in [2.75, 3.05) is 0 Å². The Hall–Kier alpha value is -1.66. The quantitative estimate of drug-likeness (QED) is 0.538. The maximum Gasteiger partial charge on any atom is 0.338 e. The molecular formula is C20H18Br2O4. The monoisotopic (exact) mass is 480 g/mol. The minimum atomic E-state index is -0.417. The van der Waals surface area contributed by atoms with Crippen molar-refractivity contribution < 1.29 is 19.1 Å². The van der Waals surface area contributed by atoms with Crippen molar-refractivity contribution in [2.45, 2.75) is 37.9 Å². The molecule has 0 radical (unpaired) electrons. The third kappa shape index (κ3) is 4.95. The number of halogens is 2. The molecule has 0 heterocycles. The van der Waals surface area contributed by atoms with E-state index in [2.05, 4.69) is 31.9 Å². The summed E-state index contributed by atoms with van der Waals surface area (Å²) in [5, 5.41) is 0. The lowest BCUT2D eigenvalue weighted by Crippen LogP contribution is -2.37. The predicted octanol–water partition coefficient (Wildman–Crippen LogP) is 5.54. The van der Waals surface area contributed by atoms with Crippen LogP contribution in [0.4, 0.5) is 0 Å². The molecule has 1 aliphatic rings. The van der Waals surface area contributed by atoms with E-state index < -0.39 is 24.1 Å². The van der Waals surface area contributed by atoms with Crippen LogP contribution in [-0.4, -0.2) is 24.1 Å². The van der Waals surface area contributed by atoms with Crippen LogP contribution >= 0.6 is 31.9 Å². The molecule has 0 bridgehead atoms. The Morgan fingerprint density at radius 2 is 1.04 bits per heavy atom. The second-order valence-electron chi connectivity index (χ2n) is 6.19. The van der Waals surface area contributed by atoms with Crippen LogP contribution in [0, 0.1) is 0 Å². The molecule has 2 aromatic carbocycles. The highest BCUT2D eigenvalue weighted by molar-refractivity contribution is 9.10. The highest BCUT2D eigenvalue weighted by Gasteiger charge is 2.32. The van der Waals surface area contributed by atoms with Gasteiger partial charge >= 0.3 is 11.9 Å². The number of rotatable bonds is 4. The van der Waals surface area contributed by atoms with Gasteiger partial charge in [-0.25, -0.2) is 9.59 Å². The molecule has 0 unspecified atom stereocenters. The van der Waals surface area contributed by atoms with E-state index in [-0.39, 0.29) is 0 Å². The van der Waals surface area contributed by atoms with Crippen LogP contribution in [0.3, 0.4) is 0 Å². The molecule has 136 valence electrons. The molecule has 0 saturated heterocycles. The first-order chi connectivity index (χ1) is 12.5. The van der Waals surface area contributed by atoms with Crippen LogP contribution in [0.5, 0.6) is 0 Å². The normalized spacial score (nSPS) is 19.6. The van der Waals surface area contributed by atoms with E-state index in [0.717, 1.165) is 21.8 Å². The van der Waals surface area contributed by atoms with Crippen LogP contribution in [-0.2, 0) is 9.47 Å². The topological polar surface area (TPSA) is 52.6 Å². The van der Waals surface area contributed by atoms with Crippen molar-refractivity contribution in [1.29, 1.82) is 0 Å². The third-order valence-corrected chi connectivity index (χ3v) is 5.38. The molecule has 6 heteroatoms. The third-order valence-electron chi connectivity index (χ3n) is 4.32. The van der Waals surface area contributed by atoms with Gasteiger partial charge in [0.25, 0.3) is 0 Å². The van der Waals surface area contributed by atoms with Gasteiger partial charge < -0.3 is 9.47 Å². The van der Waals surface area contributed by atoms with Gasteiger partial charge in [-0.3, -0.25) is 0 Å². The lowest BCUT2D eigenvalue weighted by atomic mass is 9.94. The molecule has 0 spiro atoms. The van der Waals surface area contributed by atoms with Crippen LogP contribution in [0.25, 0.3) is 0 Å². The van der Waals surface area contributed by atoms with Crippen molar-refractivity contribution >= 4 is 43.8 Å². The Bertz CT molecular complexity index is 704. The van der Waals surface area contributed by atoms with Crippen LogP contribution in [0.15, 0.2) is 57.5 Å². The maximum absolute atomic E-state index is 12.4. The number of hydrogen-bond donors (Lipinski definition) is 0. The van der Waals surface area contributed by atoms with E-state index in [0.29, 0.717) is 24.0 Å². The smallest absolute Gasteiger partial charge is 0.338 e. The fourth-order valence-electron chi connectivity index (χ4n) is 2.92. The molecule has 2 atom stereocenters. The maximum atomic E-state index is 12.4. The molecule has 2 aromatic rings. The summed E-state index contributed by atoms with van der Waals surface area (Å²) in [5.74, 6) is -0.789. The molecule has 1 fully saturated rings. The van der Waals surface area contributed by atoms with Gasteiger partial charge in [0.1, 0.15) is 12.2 Å². The van der Waals surface area contributed by atoms with E-state index in [1.165, 1.54) is 0 Å². The summed E-state index contributed by atoms with van der Waals surface area (Å²) in [5.41, 5.74) is 0.966. The largest absolute Gasteiger partial charge is 0.455 e. The van der Waals surface area contributed by atoms with Gasteiger partial charge in [0, 0.05) is 8.95 Å². The molecule has 1 aliphatic carbocycles. The summed E-state index contributed by atoms with van der Waals surface area (Å²) in [6.07, 6.45) is 2.45. The summed E-state index contributed by atoms with van der Waals surface area (Å²) in [4.78, 5) is 24.8. The Labute approximate surface area is 169 Å². The minimum absolute atomic E-state index is 0.394. The summed E-state index contributed by atoms with van der Waals surface area (Å²) >= 11 is 6.69. The second kappa shape index (κ2) is 8.82. The lowest BCUT2D eigenvalue weighted by molar-refractivity contribution is -0.0514. The average Bonchev–Trinajstić information content (AvgIpc) is 2.64. The number of hydrogen-bond acceptors (Lipinski definition) is 4. The van der Waals surface area contributed by atoms with Crippen LogP contribution < -0.4 is 0 Å². The molecule has 0 amide bonds. The van der Waals surface area contributed by atoms with Gasteiger partial charge in [0.2, 0.25) is 0 Å². The predicted molar refractivity (Wildman–Crippen MR) is 105 cm³/mol. The number of carbonyl (C=O) groups excluding carboxylic acids is 2. The number of benzene rings is 2. The standard InChI is InChI=1S/C20H18Br2O4/c21-15-9-5-13(6-10-15)19(23)25-17-3-1-2-4-18(17)26-20(24)14-7-11-16(22)12-8-14/h5-12,17-18H,1-4H2/t17-,18-/m1/s1. The van der Waals surface area contributed by atoms with Gasteiger partial charge in [0.15, 0.2) is 0 Å². The first kappa shape index (κ1) is 19.1. The summed E-state index contributed by atoms with van der Waals surface area (Å²) in [6.45, 7) is 0. The van der Waals surface area contributed by atoms with Gasteiger partial charge in [0.05, 0.1) is 11.1 Å². The van der Waals surface area contributed by atoms with E-state index in [4.69, 9.17) is 9.47 Å². The van der Waals surface area contributed by atoms with Crippen molar-refractivity contribution in [3.63, 3.8) is 0 Å². The fourth-order valence-corrected chi connectivity index (χ4v) is 3.44. The lowest BCUT2D eigenvalue weighted by Gasteiger charge is -2.30. The minimum Gasteiger partial charge on any atom is -0.455 e. The highest BCUT2D eigenvalue weighted by atomic mass is 79.9. The van der Waals surface area contributed by atoms with Crippen molar-refractivity contribution in [3.05, 3.63) is 68.6 Å². The molecule has 0 aliphatic heterocycles. The highest BCUT2D eigenvalue weighted by Crippen LogP contribution is 2.26. The number of carbonyl (C=O) groups is 2. The SMILES string of the molecule is O=C(O[C@@H]1CCCC[C@H]1OC(=O)c1ccc(Br)cc1)c1ccc(Br)cc1. The second-order valence-corrected chi connectivity index (χ2v) is 8.02. The zero-order chi connectivity index (χ0) is 18.5. The van der Waals surface area contributed by atoms with Gasteiger partial charge in [-0.1, -0.05) is 31.9 Å². The molecule has 3 rings (SSSR count).